The van der Waals surface area contributed by atoms with Crippen LogP contribution in [0, 0.1) is 11.3 Å². The van der Waals surface area contributed by atoms with Gasteiger partial charge in [0.15, 0.2) is 0 Å². The molecule has 3 fully saturated rings. The molecule has 0 bridgehead atoms. The van der Waals surface area contributed by atoms with Crippen LogP contribution in [0.15, 0.2) is 0 Å². The number of rotatable bonds is 2. The summed E-state index contributed by atoms with van der Waals surface area (Å²) in [6.45, 7) is 8.36. The quantitative estimate of drug-likeness (QED) is 0.757. The molecule has 2 amide bonds. The molecule has 23 heavy (non-hydrogen) atoms. The van der Waals surface area contributed by atoms with Crippen LogP contribution in [0.2, 0.25) is 0 Å². The van der Waals surface area contributed by atoms with Crippen molar-refractivity contribution in [1.29, 1.82) is 0 Å². The Morgan fingerprint density at radius 1 is 1.22 bits per heavy atom. The number of nitrogens with zero attached hydrogens (tertiary/aromatic N) is 2. The minimum absolute atomic E-state index is 0.0612. The maximum atomic E-state index is 12.7. The van der Waals surface area contributed by atoms with Crippen LogP contribution in [0.25, 0.3) is 0 Å². The number of likely N-dealkylation sites (tertiary alicyclic amines) is 1. The second kappa shape index (κ2) is 6.77. The molecule has 0 aliphatic carbocycles. The van der Waals surface area contributed by atoms with Gasteiger partial charge in [0.2, 0.25) is 11.8 Å². The summed E-state index contributed by atoms with van der Waals surface area (Å²) >= 11 is 0. The van der Waals surface area contributed by atoms with E-state index in [0.29, 0.717) is 32.9 Å². The molecule has 1 spiro atoms. The van der Waals surface area contributed by atoms with Gasteiger partial charge in [0, 0.05) is 50.2 Å². The van der Waals surface area contributed by atoms with Gasteiger partial charge in [0.25, 0.3) is 0 Å². The molecule has 0 N–H and O–H groups in total. The lowest BCUT2D eigenvalue weighted by Crippen LogP contribution is -2.46. The van der Waals surface area contributed by atoms with Crippen molar-refractivity contribution in [3.8, 4) is 0 Å². The minimum atomic E-state index is -0.0999. The van der Waals surface area contributed by atoms with E-state index in [0.717, 1.165) is 25.8 Å². The SMILES string of the molecule is CC(C)N1CC2(CCN(C(=O)C3CCOCC3)C2)COCC1=O. The standard InChI is InChI=1S/C17H28N2O4/c1-13(2)19-11-17(12-23-9-15(19)20)5-6-18(10-17)16(21)14-3-7-22-8-4-14/h13-14H,3-12H2,1-2H3. The van der Waals surface area contributed by atoms with Gasteiger partial charge >= 0.3 is 0 Å². The van der Waals surface area contributed by atoms with Crippen molar-refractivity contribution in [1.82, 2.24) is 9.80 Å². The summed E-state index contributed by atoms with van der Waals surface area (Å²) in [4.78, 5) is 28.8. The smallest absolute Gasteiger partial charge is 0.248 e. The molecule has 3 aliphatic heterocycles. The third-order valence-corrected chi connectivity index (χ3v) is 5.40. The summed E-state index contributed by atoms with van der Waals surface area (Å²) in [5.74, 6) is 0.427. The largest absolute Gasteiger partial charge is 0.381 e. The van der Waals surface area contributed by atoms with Crippen molar-refractivity contribution < 1.29 is 19.1 Å². The topological polar surface area (TPSA) is 59.1 Å². The first-order chi connectivity index (χ1) is 11.0. The maximum absolute atomic E-state index is 12.7. The highest BCUT2D eigenvalue weighted by Gasteiger charge is 2.45. The Morgan fingerprint density at radius 3 is 2.65 bits per heavy atom. The van der Waals surface area contributed by atoms with Gasteiger partial charge in [0.05, 0.1) is 6.61 Å². The van der Waals surface area contributed by atoms with Gasteiger partial charge in [-0.15, -0.1) is 0 Å². The van der Waals surface area contributed by atoms with Gasteiger partial charge in [0.1, 0.15) is 6.61 Å². The van der Waals surface area contributed by atoms with E-state index in [1.54, 1.807) is 0 Å². The molecule has 1 atom stereocenters. The van der Waals surface area contributed by atoms with Gasteiger partial charge in [-0.25, -0.2) is 0 Å². The van der Waals surface area contributed by atoms with E-state index in [2.05, 4.69) is 0 Å². The van der Waals surface area contributed by atoms with Crippen molar-refractivity contribution in [3.63, 3.8) is 0 Å². The summed E-state index contributed by atoms with van der Waals surface area (Å²) in [5.41, 5.74) is -0.0999. The molecule has 3 rings (SSSR count). The predicted octanol–water partition coefficient (Wildman–Crippen LogP) is 0.899. The molecule has 6 heteroatoms. The Bertz CT molecular complexity index is 462. The van der Waals surface area contributed by atoms with Crippen molar-refractivity contribution in [2.24, 2.45) is 11.3 Å². The second-order valence-corrected chi connectivity index (χ2v) is 7.50. The van der Waals surface area contributed by atoms with Crippen LogP contribution in [0.4, 0.5) is 0 Å². The van der Waals surface area contributed by atoms with Crippen LogP contribution in [0.1, 0.15) is 33.1 Å². The summed E-state index contributed by atoms with van der Waals surface area (Å²) in [7, 11) is 0. The Kier molecular flexibility index (Phi) is 4.92. The Hall–Kier alpha value is -1.14. The van der Waals surface area contributed by atoms with E-state index in [-0.39, 0.29) is 35.8 Å². The second-order valence-electron chi connectivity index (χ2n) is 7.50. The first-order valence-corrected chi connectivity index (χ1v) is 8.74. The van der Waals surface area contributed by atoms with E-state index < -0.39 is 0 Å². The molecule has 0 aromatic heterocycles. The van der Waals surface area contributed by atoms with Gasteiger partial charge in [-0.05, 0) is 33.1 Å². The Balaban J connectivity index is 1.67. The highest BCUT2D eigenvalue weighted by Crippen LogP contribution is 2.35. The van der Waals surface area contributed by atoms with Crippen molar-refractivity contribution >= 4 is 11.8 Å². The van der Waals surface area contributed by atoms with Gasteiger partial charge < -0.3 is 19.3 Å². The molecular weight excluding hydrogens is 296 g/mol. The van der Waals surface area contributed by atoms with Gasteiger partial charge in [-0.1, -0.05) is 0 Å². The zero-order chi connectivity index (χ0) is 16.4. The number of hydrogen-bond acceptors (Lipinski definition) is 4. The third-order valence-electron chi connectivity index (χ3n) is 5.40. The number of carbonyl (C=O) groups excluding carboxylic acids is 2. The Morgan fingerprint density at radius 2 is 1.96 bits per heavy atom. The fourth-order valence-corrected chi connectivity index (χ4v) is 3.98. The number of amides is 2. The van der Waals surface area contributed by atoms with Crippen molar-refractivity contribution in [2.45, 2.75) is 39.2 Å². The lowest BCUT2D eigenvalue weighted by Gasteiger charge is -2.34. The van der Waals surface area contributed by atoms with Crippen LogP contribution in [0.3, 0.4) is 0 Å². The molecule has 3 saturated heterocycles. The molecule has 3 aliphatic rings. The fourth-order valence-electron chi connectivity index (χ4n) is 3.98. The van der Waals surface area contributed by atoms with Crippen LogP contribution in [0.5, 0.6) is 0 Å². The molecule has 130 valence electrons. The van der Waals surface area contributed by atoms with Crippen molar-refractivity contribution in [3.05, 3.63) is 0 Å². The zero-order valence-corrected chi connectivity index (χ0v) is 14.3. The molecule has 3 heterocycles. The van der Waals surface area contributed by atoms with Crippen molar-refractivity contribution in [2.75, 3.05) is 46.1 Å². The lowest BCUT2D eigenvalue weighted by atomic mass is 9.87. The average molecular weight is 324 g/mol. The average Bonchev–Trinajstić information content (AvgIpc) is 2.88. The van der Waals surface area contributed by atoms with Crippen LogP contribution in [-0.4, -0.2) is 73.7 Å². The molecule has 6 nitrogen and oxygen atoms in total. The van der Waals surface area contributed by atoms with E-state index >= 15 is 0 Å². The molecule has 0 aromatic carbocycles. The molecule has 0 radical (unpaired) electrons. The monoisotopic (exact) mass is 324 g/mol. The fraction of sp³-hybridized carbons (Fsp3) is 0.882. The van der Waals surface area contributed by atoms with Crippen LogP contribution < -0.4 is 0 Å². The van der Waals surface area contributed by atoms with Crippen LogP contribution in [-0.2, 0) is 19.1 Å². The summed E-state index contributed by atoms with van der Waals surface area (Å²) < 4.78 is 11.0. The minimum Gasteiger partial charge on any atom is -0.381 e. The summed E-state index contributed by atoms with van der Waals surface area (Å²) in [6.07, 6.45) is 2.57. The highest BCUT2D eigenvalue weighted by atomic mass is 16.5. The van der Waals surface area contributed by atoms with Gasteiger partial charge in [-0.2, -0.15) is 0 Å². The van der Waals surface area contributed by atoms with E-state index in [1.807, 2.05) is 23.6 Å². The number of ether oxygens (including phenoxy) is 2. The zero-order valence-electron chi connectivity index (χ0n) is 14.3. The van der Waals surface area contributed by atoms with E-state index in [1.165, 1.54) is 0 Å². The maximum Gasteiger partial charge on any atom is 0.248 e. The van der Waals surface area contributed by atoms with E-state index in [4.69, 9.17) is 9.47 Å². The number of hydrogen-bond donors (Lipinski definition) is 0. The normalized spacial score (nSPS) is 30.3. The first kappa shape index (κ1) is 16.7. The molecule has 0 aromatic rings. The molecule has 1 unspecified atom stereocenters. The first-order valence-electron chi connectivity index (χ1n) is 8.74. The van der Waals surface area contributed by atoms with E-state index in [9.17, 15) is 9.59 Å². The van der Waals surface area contributed by atoms with Gasteiger partial charge in [-0.3, -0.25) is 9.59 Å². The predicted molar refractivity (Wildman–Crippen MR) is 84.8 cm³/mol. The highest BCUT2D eigenvalue weighted by molar-refractivity contribution is 5.80. The Labute approximate surface area is 138 Å². The summed E-state index contributed by atoms with van der Waals surface area (Å²) in [5, 5.41) is 0. The molecular formula is C17H28N2O4. The summed E-state index contributed by atoms with van der Waals surface area (Å²) in [6, 6.07) is 0.168. The van der Waals surface area contributed by atoms with Crippen LogP contribution >= 0.6 is 0 Å². The third kappa shape index (κ3) is 3.53. The number of carbonyl (C=O) groups is 2. The molecule has 0 saturated carbocycles. The lowest BCUT2D eigenvalue weighted by molar-refractivity contribution is -0.138.